The summed E-state index contributed by atoms with van der Waals surface area (Å²) in [5.41, 5.74) is 1.69. The first-order valence-corrected chi connectivity index (χ1v) is 15.0. The fourth-order valence-corrected chi connectivity index (χ4v) is 5.97. The van der Waals surface area contributed by atoms with Crippen molar-refractivity contribution in [2.75, 3.05) is 33.5 Å². The summed E-state index contributed by atoms with van der Waals surface area (Å²) in [5, 5.41) is 0. The first-order chi connectivity index (χ1) is 20.7. The first-order valence-electron chi connectivity index (χ1n) is 13.4. The van der Waals surface area contributed by atoms with E-state index in [-0.39, 0.29) is 24.3 Å². The molecule has 43 heavy (non-hydrogen) atoms. The van der Waals surface area contributed by atoms with Crippen LogP contribution in [-0.2, 0) is 19.1 Å². The van der Waals surface area contributed by atoms with E-state index in [4.69, 9.17) is 18.9 Å². The Labute approximate surface area is 260 Å². The lowest BCUT2D eigenvalue weighted by molar-refractivity contribution is -0.143. The maximum absolute atomic E-state index is 14.0. The van der Waals surface area contributed by atoms with Crippen molar-refractivity contribution in [3.05, 3.63) is 95.6 Å². The van der Waals surface area contributed by atoms with Gasteiger partial charge >= 0.3 is 11.9 Å². The number of carbonyl (C=O) groups is 2. The average molecular weight is 672 g/mol. The number of rotatable bonds is 12. The molecular formula is C31H31BrN2O8S. The Bertz CT molecular complexity index is 1760. The third kappa shape index (κ3) is 7.08. The van der Waals surface area contributed by atoms with Crippen LogP contribution in [0.25, 0.3) is 6.08 Å². The fourth-order valence-electron chi connectivity index (χ4n) is 4.41. The minimum Gasteiger partial charge on any atom is -0.490 e. The van der Waals surface area contributed by atoms with Crippen LogP contribution in [-0.4, -0.2) is 50.0 Å². The standard InChI is InChI=1S/C31H31BrN2O8S/c1-6-13-41-22-11-9-19(14-21(22)32)15-25-29(36)34-28(27(30(37)40-8-3)18(4)33-31(34)43-25)20-10-12-23(24(16-20)39-7-2)42-17-26(35)38-5/h6,9-12,14-16,28H,1,7-8,13,17H2,2-5H3/b25-15-/t28-/m0/s1. The Kier molecular flexibility index (Phi) is 10.6. The number of methoxy groups -OCH3 is 1. The molecule has 0 spiro atoms. The van der Waals surface area contributed by atoms with E-state index in [1.807, 2.05) is 19.1 Å². The predicted octanol–water partition coefficient (Wildman–Crippen LogP) is 4.08. The van der Waals surface area contributed by atoms with Crippen LogP contribution in [0.1, 0.15) is 37.9 Å². The molecule has 1 aliphatic rings. The van der Waals surface area contributed by atoms with Crippen molar-refractivity contribution in [3.63, 3.8) is 0 Å². The lowest BCUT2D eigenvalue weighted by Gasteiger charge is -2.25. The van der Waals surface area contributed by atoms with Gasteiger partial charge < -0.3 is 23.7 Å². The first kappa shape index (κ1) is 31.8. The smallest absolute Gasteiger partial charge is 0.343 e. The highest BCUT2D eigenvalue weighted by Gasteiger charge is 2.34. The Hall–Kier alpha value is -4.16. The summed E-state index contributed by atoms with van der Waals surface area (Å²) in [6, 6.07) is 9.68. The van der Waals surface area contributed by atoms with Gasteiger partial charge in [0.2, 0.25) is 0 Å². The van der Waals surface area contributed by atoms with Crippen molar-refractivity contribution in [2.45, 2.75) is 26.8 Å². The van der Waals surface area contributed by atoms with Crippen molar-refractivity contribution in [1.29, 1.82) is 0 Å². The normalized spacial score (nSPS) is 14.4. The number of nitrogens with zero attached hydrogens (tertiary/aromatic N) is 2. The van der Waals surface area contributed by atoms with Gasteiger partial charge in [0.1, 0.15) is 12.4 Å². The van der Waals surface area contributed by atoms with Gasteiger partial charge in [-0.25, -0.2) is 14.6 Å². The van der Waals surface area contributed by atoms with Crippen LogP contribution in [0.2, 0.25) is 0 Å². The highest BCUT2D eigenvalue weighted by Crippen LogP contribution is 2.36. The van der Waals surface area contributed by atoms with Crippen molar-refractivity contribution in [1.82, 2.24) is 4.57 Å². The maximum Gasteiger partial charge on any atom is 0.343 e. The van der Waals surface area contributed by atoms with E-state index in [2.05, 4.69) is 32.2 Å². The second-order valence-corrected chi connectivity index (χ2v) is 11.0. The van der Waals surface area contributed by atoms with Crippen molar-refractivity contribution < 1.29 is 33.3 Å². The van der Waals surface area contributed by atoms with Gasteiger partial charge in [-0.15, -0.1) is 0 Å². The second kappa shape index (κ2) is 14.3. The molecule has 0 aliphatic carbocycles. The number of hydrogen-bond acceptors (Lipinski definition) is 10. The molecule has 10 nitrogen and oxygen atoms in total. The summed E-state index contributed by atoms with van der Waals surface area (Å²) in [6.45, 7) is 9.42. The quantitative estimate of drug-likeness (QED) is 0.209. The zero-order valence-electron chi connectivity index (χ0n) is 24.2. The molecule has 2 heterocycles. The van der Waals surface area contributed by atoms with Gasteiger partial charge in [0.05, 0.1) is 46.6 Å². The molecular weight excluding hydrogens is 640 g/mol. The van der Waals surface area contributed by atoms with Gasteiger partial charge in [-0.2, -0.15) is 0 Å². The molecule has 0 amide bonds. The van der Waals surface area contributed by atoms with Gasteiger partial charge in [-0.05, 0) is 78.2 Å². The topological polar surface area (TPSA) is 115 Å². The summed E-state index contributed by atoms with van der Waals surface area (Å²) in [4.78, 5) is 43.9. The molecule has 0 saturated carbocycles. The van der Waals surface area contributed by atoms with Crippen LogP contribution in [0.3, 0.4) is 0 Å². The third-order valence-electron chi connectivity index (χ3n) is 6.28. The van der Waals surface area contributed by atoms with Crippen LogP contribution in [0.5, 0.6) is 17.2 Å². The lowest BCUT2D eigenvalue weighted by atomic mass is 9.95. The minimum absolute atomic E-state index is 0.151. The molecule has 0 radical (unpaired) electrons. The number of ether oxygens (including phenoxy) is 5. The molecule has 1 atom stereocenters. The average Bonchev–Trinajstić information content (AvgIpc) is 3.29. The number of fused-ring (bicyclic) bond motifs is 1. The summed E-state index contributed by atoms with van der Waals surface area (Å²) < 4.78 is 29.7. The number of aromatic nitrogens is 1. The Morgan fingerprint density at radius 2 is 1.84 bits per heavy atom. The zero-order chi connectivity index (χ0) is 31.1. The Balaban J connectivity index is 1.86. The van der Waals surface area contributed by atoms with Crippen LogP contribution < -0.4 is 29.1 Å². The summed E-state index contributed by atoms with van der Waals surface area (Å²) in [7, 11) is 1.27. The Morgan fingerprint density at radius 1 is 1.07 bits per heavy atom. The third-order valence-corrected chi connectivity index (χ3v) is 7.89. The number of halogens is 1. The zero-order valence-corrected chi connectivity index (χ0v) is 26.6. The fraction of sp³-hybridized carbons (Fsp3) is 0.290. The minimum atomic E-state index is -0.854. The highest BCUT2D eigenvalue weighted by atomic mass is 79.9. The van der Waals surface area contributed by atoms with E-state index in [1.165, 1.54) is 23.0 Å². The number of allylic oxidation sites excluding steroid dienone is 1. The van der Waals surface area contributed by atoms with Gasteiger partial charge in [-0.1, -0.05) is 36.1 Å². The number of hydrogen-bond donors (Lipinski definition) is 0. The maximum atomic E-state index is 14.0. The van der Waals surface area contributed by atoms with Gasteiger partial charge in [0.15, 0.2) is 22.9 Å². The molecule has 3 aromatic rings. The number of esters is 2. The van der Waals surface area contributed by atoms with E-state index in [0.717, 1.165) is 10.0 Å². The van der Waals surface area contributed by atoms with Crippen LogP contribution >= 0.6 is 27.3 Å². The molecule has 226 valence electrons. The molecule has 1 aliphatic heterocycles. The van der Waals surface area contributed by atoms with Crippen molar-refractivity contribution in [3.8, 4) is 17.2 Å². The van der Waals surface area contributed by atoms with Crippen LogP contribution in [0, 0.1) is 0 Å². The van der Waals surface area contributed by atoms with Gasteiger partial charge in [0, 0.05) is 0 Å². The van der Waals surface area contributed by atoms with Crippen LogP contribution in [0.4, 0.5) is 0 Å². The molecule has 1 aromatic heterocycles. The monoisotopic (exact) mass is 670 g/mol. The van der Waals surface area contributed by atoms with E-state index in [1.54, 1.807) is 50.3 Å². The van der Waals surface area contributed by atoms with Gasteiger partial charge in [-0.3, -0.25) is 9.36 Å². The molecule has 0 saturated heterocycles. The molecule has 0 unspecified atom stereocenters. The van der Waals surface area contributed by atoms with E-state index >= 15 is 0 Å². The largest absolute Gasteiger partial charge is 0.490 e. The Morgan fingerprint density at radius 3 is 2.51 bits per heavy atom. The lowest BCUT2D eigenvalue weighted by Crippen LogP contribution is -2.40. The molecule has 0 bridgehead atoms. The summed E-state index contributed by atoms with van der Waals surface area (Å²) >= 11 is 4.73. The highest BCUT2D eigenvalue weighted by molar-refractivity contribution is 9.10. The molecule has 4 rings (SSSR count). The number of carbonyl (C=O) groups excluding carboxylic acids is 2. The number of thiazole rings is 1. The van der Waals surface area contributed by atoms with E-state index < -0.39 is 18.0 Å². The number of benzene rings is 2. The van der Waals surface area contributed by atoms with Crippen molar-refractivity contribution in [2.24, 2.45) is 4.99 Å². The second-order valence-electron chi connectivity index (χ2n) is 9.10. The van der Waals surface area contributed by atoms with Crippen molar-refractivity contribution >= 4 is 45.3 Å². The van der Waals surface area contributed by atoms with E-state index in [0.29, 0.717) is 51.1 Å². The molecule has 12 heteroatoms. The molecule has 2 aromatic carbocycles. The predicted molar refractivity (Wildman–Crippen MR) is 165 cm³/mol. The van der Waals surface area contributed by atoms with Gasteiger partial charge in [0.25, 0.3) is 5.56 Å². The SMILES string of the molecule is C=CCOc1ccc(/C=c2\sc3n(c2=O)[C@@H](c2ccc(OCC(=O)OC)c(OCC)c2)C(C(=O)OCC)=C(C)N=3)cc1Br. The molecule has 0 N–H and O–H groups in total. The van der Waals surface area contributed by atoms with Crippen LogP contribution in [0.15, 0.2) is 74.6 Å². The molecule has 0 fully saturated rings. The summed E-state index contributed by atoms with van der Waals surface area (Å²) in [5.74, 6) is 0.177. The summed E-state index contributed by atoms with van der Waals surface area (Å²) in [6.07, 6.45) is 3.42. The van der Waals surface area contributed by atoms with E-state index in [9.17, 15) is 14.4 Å².